The predicted octanol–water partition coefficient (Wildman–Crippen LogP) is 2.91. The fraction of sp³-hybridized carbons (Fsp3) is 1.00. The van der Waals surface area contributed by atoms with Crippen molar-refractivity contribution in [2.24, 2.45) is 5.92 Å². The van der Waals surface area contributed by atoms with E-state index in [1.165, 1.54) is 0 Å². The summed E-state index contributed by atoms with van der Waals surface area (Å²) in [6.45, 7) is 8.72. The molecular weight excluding hydrogens is 193 g/mol. The highest BCUT2D eigenvalue weighted by Crippen LogP contribution is 2.55. The molecular formula is C9H17Cl2N. The minimum absolute atomic E-state index is 0.429. The fourth-order valence-corrected chi connectivity index (χ4v) is 2.51. The summed E-state index contributed by atoms with van der Waals surface area (Å²) < 4.78 is -0.429. The third-order valence-corrected chi connectivity index (χ3v) is 3.71. The highest BCUT2D eigenvalue weighted by Gasteiger charge is 2.55. The van der Waals surface area contributed by atoms with E-state index in [2.05, 4.69) is 25.7 Å². The third kappa shape index (κ3) is 2.07. The Morgan fingerprint density at radius 1 is 1.42 bits per heavy atom. The maximum atomic E-state index is 6.00. The van der Waals surface area contributed by atoms with Gasteiger partial charge in [-0.25, -0.2) is 0 Å². The van der Waals surface area contributed by atoms with Crippen LogP contribution in [0.3, 0.4) is 0 Å². The molecule has 1 aliphatic rings. The molecule has 0 unspecified atom stereocenters. The van der Waals surface area contributed by atoms with Gasteiger partial charge in [-0.05, 0) is 26.4 Å². The Morgan fingerprint density at radius 3 is 2.08 bits per heavy atom. The molecule has 0 aromatic carbocycles. The van der Waals surface area contributed by atoms with E-state index in [9.17, 15) is 0 Å². The Bertz CT molecular complexity index is 153. The van der Waals surface area contributed by atoms with E-state index in [-0.39, 0.29) is 0 Å². The lowest BCUT2D eigenvalue weighted by molar-refractivity contribution is 0.209. The summed E-state index contributed by atoms with van der Waals surface area (Å²) >= 11 is 12.0. The van der Waals surface area contributed by atoms with Crippen molar-refractivity contribution in [1.29, 1.82) is 0 Å². The number of rotatable bonds is 4. The molecule has 0 aliphatic heterocycles. The number of alkyl halides is 2. The molecule has 12 heavy (non-hydrogen) atoms. The van der Waals surface area contributed by atoms with Gasteiger partial charge in [0.1, 0.15) is 4.33 Å². The van der Waals surface area contributed by atoms with E-state index in [1.54, 1.807) is 0 Å². The Hall–Kier alpha value is 0.540. The highest BCUT2D eigenvalue weighted by atomic mass is 35.5. The SMILES string of the molecule is CCN(CC)[C@@H](C)[C@@H]1CC1(Cl)Cl. The Balaban J connectivity index is 2.43. The van der Waals surface area contributed by atoms with E-state index in [0.717, 1.165) is 19.5 Å². The van der Waals surface area contributed by atoms with Crippen molar-refractivity contribution in [2.75, 3.05) is 13.1 Å². The van der Waals surface area contributed by atoms with Gasteiger partial charge < -0.3 is 4.90 Å². The van der Waals surface area contributed by atoms with Crippen molar-refractivity contribution in [3.05, 3.63) is 0 Å². The van der Waals surface area contributed by atoms with Crippen LogP contribution >= 0.6 is 23.2 Å². The maximum Gasteiger partial charge on any atom is 0.123 e. The molecule has 1 saturated carbocycles. The lowest BCUT2D eigenvalue weighted by Crippen LogP contribution is -2.35. The molecule has 2 atom stereocenters. The summed E-state index contributed by atoms with van der Waals surface area (Å²) in [6, 6.07) is 0.523. The summed E-state index contributed by atoms with van der Waals surface area (Å²) in [5.74, 6) is 0.473. The highest BCUT2D eigenvalue weighted by molar-refractivity contribution is 6.50. The van der Waals surface area contributed by atoms with Crippen molar-refractivity contribution in [3.8, 4) is 0 Å². The normalized spacial score (nSPS) is 29.0. The summed E-state index contributed by atoms with van der Waals surface area (Å²) in [6.07, 6.45) is 0.952. The van der Waals surface area contributed by atoms with Crippen LogP contribution in [0, 0.1) is 5.92 Å². The number of hydrogen-bond donors (Lipinski definition) is 0. The van der Waals surface area contributed by atoms with E-state index in [0.29, 0.717) is 12.0 Å². The van der Waals surface area contributed by atoms with Gasteiger partial charge in [0.25, 0.3) is 0 Å². The molecule has 0 spiro atoms. The lowest BCUT2D eigenvalue weighted by Gasteiger charge is -2.26. The van der Waals surface area contributed by atoms with Crippen LogP contribution in [-0.2, 0) is 0 Å². The summed E-state index contributed by atoms with van der Waals surface area (Å²) in [5.41, 5.74) is 0. The van der Waals surface area contributed by atoms with Crippen LogP contribution in [0.4, 0.5) is 0 Å². The van der Waals surface area contributed by atoms with Crippen LogP contribution in [-0.4, -0.2) is 28.4 Å². The van der Waals surface area contributed by atoms with E-state index in [4.69, 9.17) is 23.2 Å². The van der Waals surface area contributed by atoms with Crippen molar-refractivity contribution < 1.29 is 0 Å². The molecule has 1 aliphatic carbocycles. The second-order valence-corrected chi connectivity index (χ2v) is 5.08. The van der Waals surface area contributed by atoms with Gasteiger partial charge in [-0.2, -0.15) is 0 Å². The Labute approximate surface area is 85.0 Å². The number of hydrogen-bond acceptors (Lipinski definition) is 1. The monoisotopic (exact) mass is 209 g/mol. The molecule has 1 rings (SSSR count). The Morgan fingerprint density at radius 2 is 1.83 bits per heavy atom. The quantitative estimate of drug-likeness (QED) is 0.645. The van der Waals surface area contributed by atoms with E-state index >= 15 is 0 Å². The standard InChI is InChI=1S/C9H17Cl2N/c1-4-12(5-2)7(3)8-6-9(8,10)11/h7-8H,4-6H2,1-3H3/t7-,8-/m0/s1. The van der Waals surface area contributed by atoms with Crippen LogP contribution in [0.15, 0.2) is 0 Å². The first-order valence-corrected chi connectivity index (χ1v) is 5.40. The minimum Gasteiger partial charge on any atom is -0.301 e. The third-order valence-electron chi connectivity index (χ3n) is 2.85. The van der Waals surface area contributed by atoms with Gasteiger partial charge in [0.2, 0.25) is 0 Å². The van der Waals surface area contributed by atoms with Crippen molar-refractivity contribution in [3.63, 3.8) is 0 Å². The molecule has 0 heterocycles. The van der Waals surface area contributed by atoms with Crippen LogP contribution in [0.5, 0.6) is 0 Å². The van der Waals surface area contributed by atoms with Gasteiger partial charge >= 0.3 is 0 Å². The zero-order chi connectivity index (χ0) is 9.35. The molecule has 0 aromatic rings. The molecule has 1 fully saturated rings. The van der Waals surface area contributed by atoms with Gasteiger partial charge in [0.15, 0.2) is 0 Å². The van der Waals surface area contributed by atoms with Gasteiger partial charge in [0.05, 0.1) is 0 Å². The molecule has 3 heteroatoms. The van der Waals surface area contributed by atoms with Crippen molar-refractivity contribution >= 4 is 23.2 Å². The molecule has 0 bridgehead atoms. The van der Waals surface area contributed by atoms with E-state index in [1.807, 2.05) is 0 Å². The Kier molecular flexibility index (Phi) is 3.30. The number of halogens is 2. The average Bonchev–Trinajstić information content (AvgIpc) is 2.62. The molecule has 0 amide bonds. The first-order chi connectivity index (χ1) is 5.53. The molecule has 0 aromatic heterocycles. The lowest BCUT2D eigenvalue weighted by atomic mass is 10.2. The largest absolute Gasteiger partial charge is 0.301 e. The van der Waals surface area contributed by atoms with Gasteiger partial charge in [-0.1, -0.05) is 13.8 Å². The smallest absolute Gasteiger partial charge is 0.123 e. The van der Waals surface area contributed by atoms with Crippen LogP contribution in [0.2, 0.25) is 0 Å². The van der Waals surface area contributed by atoms with Gasteiger partial charge in [-0.15, -0.1) is 23.2 Å². The molecule has 72 valence electrons. The summed E-state index contributed by atoms with van der Waals surface area (Å²) in [5, 5.41) is 0. The van der Waals surface area contributed by atoms with Crippen LogP contribution in [0.25, 0.3) is 0 Å². The maximum absolute atomic E-state index is 6.00. The summed E-state index contributed by atoms with van der Waals surface area (Å²) in [7, 11) is 0. The second-order valence-electron chi connectivity index (χ2n) is 3.53. The predicted molar refractivity (Wildman–Crippen MR) is 54.9 cm³/mol. The second kappa shape index (κ2) is 3.73. The zero-order valence-corrected chi connectivity index (χ0v) is 9.49. The zero-order valence-electron chi connectivity index (χ0n) is 7.98. The average molecular weight is 210 g/mol. The minimum atomic E-state index is -0.429. The van der Waals surface area contributed by atoms with Crippen LogP contribution in [0.1, 0.15) is 27.2 Å². The van der Waals surface area contributed by atoms with Crippen molar-refractivity contribution in [1.82, 2.24) is 4.90 Å². The van der Waals surface area contributed by atoms with E-state index < -0.39 is 4.33 Å². The first kappa shape index (κ1) is 10.6. The molecule has 0 radical (unpaired) electrons. The fourth-order valence-electron chi connectivity index (χ4n) is 1.81. The topological polar surface area (TPSA) is 3.24 Å². The number of nitrogens with zero attached hydrogens (tertiary/aromatic N) is 1. The van der Waals surface area contributed by atoms with Crippen LogP contribution < -0.4 is 0 Å². The van der Waals surface area contributed by atoms with Gasteiger partial charge in [-0.3, -0.25) is 0 Å². The van der Waals surface area contributed by atoms with Gasteiger partial charge in [0, 0.05) is 12.0 Å². The molecule has 0 N–H and O–H groups in total. The molecule has 1 nitrogen and oxygen atoms in total. The summed E-state index contributed by atoms with van der Waals surface area (Å²) in [4.78, 5) is 2.40. The first-order valence-electron chi connectivity index (χ1n) is 4.64. The van der Waals surface area contributed by atoms with Crippen molar-refractivity contribution in [2.45, 2.75) is 37.6 Å². The molecule has 0 saturated heterocycles.